The Bertz CT molecular complexity index is 812. The van der Waals surface area contributed by atoms with Gasteiger partial charge in [0.15, 0.2) is 0 Å². The summed E-state index contributed by atoms with van der Waals surface area (Å²) in [5, 5.41) is 14.0. The SMILES string of the molecule is O=C(NO)c1ccc2cn(CCc3ccc(F)cc3)nc2c1. The highest BCUT2D eigenvalue weighted by molar-refractivity contribution is 5.97. The molecular formula is C16H14FN3O2. The monoisotopic (exact) mass is 299 g/mol. The van der Waals surface area contributed by atoms with Gasteiger partial charge >= 0.3 is 0 Å². The van der Waals surface area contributed by atoms with E-state index in [-0.39, 0.29) is 5.82 Å². The molecular weight excluding hydrogens is 285 g/mol. The molecule has 0 radical (unpaired) electrons. The Kier molecular flexibility index (Phi) is 3.84. The van der Waals surface area contributed by atoms with Crippen molar-refractivity contribution in [3.63, 3.8) is 0 Å². The van der Waals surface area contributed by atoms with Crippen molar-refractivity contribution in [3.8, 4) is 0 Å². The van der Waals surface area contributed by atoms with Gasteiger partial charge in [-0.05, 0) is 36.2 Å². The molecule has 3 rings (SSSR count). The van der Waals surface area contributed by atoms with E-state index >= 15 is 0 Å². The zero-order valence-electron chi connectivity index (χ0n) is 11.7. The molecule has 0 atom stereocenters. The number of nitrogens with one attached hydrogen (secondary N) is 1. The Hall–Kier alpha value is -2.73. The maximum absolute atomic E-state index is 12.9. The van der Waals surface area contributed by atoms with Crippen molar-refractivity contribution in [2.24, 2.45) is 0 Å². The molecule has 1 amide bonds. The molecule has 3 aromatic rings. The van der Waals surface area contributed by atoms with E-state index < -0.39 is 5.91 Å². The molecule has 0 aliphatic rings. The van der Waals surface area contributed by atoms with Gasteiger partial charge in [-0.15, -0.1) is 0 Å². The van der Waals surface area contributed by atoms with Crippen LogP contribution in [0.5, 0.6) is 0 Å². The summed E-state index contributed by atoms with van der Waals surface area (Å²) in [6.07, 6.45) is 2.62. The van der Waals surface area contributed by atoms with Crippen LogP contribution in [0.4, 0.5) is 4.39 Å². The van der Waals surface area contributed by atoms with Crippen molar-refractivity contribution in [2.45, 2.75) is 13.0 Å². The van der Waals surface area contributed by atoms with Gasteiger partial charge in [-0.2, -0.15) is 5.10 Å². The average molecular weight is 299 g/mol. The van der Waals surface area contributed by atoms with Crippen molar-refractivity contribution in [3.05, 3.63) is 65.6 Å². The highest BCUT2D eigenvalue weighted by atomic mass is 19.1. The van der Waals surface area contributed by atoms with Gasteiger partial charge in [0, 0.05) is 23.7 Å². The van der Waals surface area contributed by atoms with E-state index in [1.54, 1.807) is 40.5 Å². The minimum atomic E-state index is -0.567. The Morgan fingerprint density at radius 2 is 2.00 bits per heavy atom. The molecule has 1 heterocycles. The van der Waals surface area contributed by atoms with Gasteiger partial charge in [-0.25, -0.2) is 9.87 Å². The third kappa shape index (κ3) is 2.96. The first kappa shape index (κ1) is 14.2. The second kappa shape index (κ2) is 5.95. The van der Waals surface area contributed by atoms with Gasteiger partial charge < -0.3 is 0 Å². The lowest BCUT2D eigenvalue weighted by Crippen LogP contribution is -2.18. The number of fused-ring (bicyclic) bond motifs is 1. The van der Waals surface area contributed by atoms with Gasteiger partial charge in [0.1, 0.15) is 5.82 Å². The summed E-state index contributed by atoms with van der Waals surface area (Å²) in [6, 6.07) is 11.4. The summed E-state index contributed by atoms with van der Waals surface area (Å²) in [5.41, 5.74) is 3.66. The van der Waals surface area contributed by atoms with E-state index in [9.17, 15) is 9.18 Å². The molecule has 5 nitrogen and oxygen atoms in total. The van der Waals surface area contributed by atoms with Crippen LogP contribution >= 0.6 is 0 Å². The normalized spacial score (nSPS) is 10.8. The summed E-state index contributed by atoms with van der Waals surface area (Å²) >= 11 is 0. The van der Waals surface area contributed by atoms with E-state index in [0.29, 0.717) is 17.6 Å². The molecule has 1 aromatic heterocycles. The van der Waals surface area contributed by atoms with Crippen LogP contribution in [0.25, 0.3) is 10.9 Å². The number of rotatable bonds is 4. The highest BCUT2D eigenvalue weighted by Crippen LogP contribution is 2.15. The van der Waals surface area contributed by atoms with Crippen LogP contribution in [0.2, 0.25) is 0 Å². The predicted octanol–water partition coefficient (Wildman–Crippen LogP) is 2.54. The molecule has 0 bridgehead atoms. The maximum Gasteiger partial charge on any atom is 0.274 e. The summed E-state index contributed by atoms with van der Waals surface area (Å²) in [7, 11) is 0. The second-order valence-corrected chi connectivity index (χ2v) is 4.98. The van der Waals surface area contributed by atoms with E-state index in [4.69, 9.17) is 5.21 Å². The van der Waals surface area contributed by atoms with Gasteiger partial charge in [0.2, 0.25) is 0 Å². The van der Waals surface area contributed by atoms with Crippen molar-refractivity contribution >= 4 is 16.8 Å². The van der Waals surface area contributed by atoms with Crippen molar-refractivity contribution in [2.75, 3.05) is 0 Å². The van der Waals surface area contributed by atoms with Crippen LogP contribution in [-0.2, 0) is 13.0 Å². The van der Waals surface area contributed by atoms with Crippen LogP contribution in [0.1, 0.15) is 15.9 Å². The molecule has 6 heteroatoms. The zero-order chi connectivity index (χ0) is 15.5. The smallest absolute Gasteiger partial charge is 0.274 e. The molecule has 0 saturated heterocycles. The van der Waals surface area contributed by atoms with Crippen LogP contribution in [0.15, 0.2) is 48.7 Å². The van der Waals surface area contributed by atoms with Crippen LogP contribution in [-0.4, -0.2) is 20.9 Å². The molecule has 0 fully saturated rings. The van der Waals surface area contributed by atoms with Crippen molar-refractivity contribution in [1.82, 2.24) is 15.3 Å². The first-order chi connectivity index (χ1) is 10.7. The third-order valence-electron chi connectivity index (χ3n) is 3.46. The minimum absolute atomic E-state index is 0.247. The van der Waals surface area contributed by atoms with Gasteiger partial charge in [0.05, 0.1) is 5.52 Å². The number of amides is 1. The zero-order valence-corrected chi connectivity index (χ0v) is 11.7. The largest absolute Gasteiger partial charge is 0.288 e. The summed E-state index contributed by atoms with van der Waals surface area (Å²) < 4.78 is 14.6. The number of benzene rings is 2. The number of hydrogen-bond acceptors (Lipinski definition) is 3. The molecule has 0 saturated carbocycles. The van der Waals surface area contributed by atoms with Crippen LogP contribution in [0, 0.1) is 5.82 Å². The minimum Gasteiger partial charge on any atom is -0.288 e. The molecule has 0 aliphatic heterocycles. The van der Waals surface area contributed by atoms with Crippen molar-refractivity contribution < 1.29 is 14.4 Å². The highest BCUT2D eigenvalue weighted by Gasteiger charge is 2.07. The molecule has 2 aromatic carbocycles. The maximum atomic E-state index is 12.9. The lowest BCUT2D eigenvalue weighted by atomic mass is 10.1. The van der Waals surface area contributed by atoms with Crippen LogP contribution in [0.3, 0.4) is 0 Å². The molecule has 2 N–H and O–H groups in total. The van der Waals surface area contributed by atoms with E-state index in [2.05, 4.69) is 5.10 Å². The number of carbonyl (C=O) groups excluding carboxylic acids is 1. The summed E-state index contributed by atoms with van der Waals surface area (Å²) in [4.78, 5) is 11.4. The second-order valence-electron chi connectivity index (χ2n) is 4.98. The van der Waals surface area contributed by atoms with E-state index in [1.807, 2.05) is 6.20 Å². The summed E-state index contributed by atoms with van der Waals surface area (Å²) in [6.45, 7) is 0.655. The first-order valence-electron chi connectivity index (χ1n) is 6.82. The van der Waals surface area contributed by atoms with Gasteiger partial charge in [-0.3, -0.25) is 14.7 Å². The molecule has 0 unspecified atom stereocenters. The lowest BCUT2D eigenvalue weighted by molar-refractivity contribution is 0.0706. The number of halogens is 1. The molecule has 22 heavy (non-hydrogen) atoms. The van der Waals surface area contributed by atoms with Gasteiger partial charge in [-0.1, -0.05) is 18.2 Å². The third-order valence-corrected chi connectivity index (χ3v) is 3.46. The number of aryl methyl sites for hydroxylation is 2. The Labute approximate surface area is 125 Å². The Balaban J connectivity index is 1.77. The fraction of sp³-hybridized carbons (Fsp3) is 0.125. The number of nitrogens with zero attached hydrogens (tertiary/aromatic N) is 2. The quantitative estimate of drug-likeness (QED) is 0.574. The Morgan fingerprint density at radius 1 is 1.23 bits per heavy atom. The fourth-order valence-electron chi connectivity index (χ4n) is 2.28. The number of aromatic nitrogens is 2. The number of carbonyl (C=O) groups is 1. The Morgan fingerprint density at radius 3 is 2.73 bits per heavy atom. The standard InChI is InChI=1S/C16H14FN3O2/c17-14-5-1-11(2-6-14)7-8-20-10-13-4-3-12(16(21)19-22)9-15(13)18-20/h1-6,9-10,22H,7-8H2,(H,19,21). The fourth-order valence-corrected chi connectivity index (χ4v) is 2.28. The average Bonchev–Trinajstić information content (AvgIpc) is 2.95. The lowest BCUT2D eigenvalue weighted by Gasteiger charge is -2.01. The number of hydrogen-bond donors (Lipinski definition) is 2. The topological polar surface area (TPSA) is 67.2 Å². The predicted molar refractivity (Wildman–Crippen MR) is 79.1 cm³/mol. The van der Waals surface area contributed by atoms with Crippen molar-refractivity contribution in [1.29, 1.82) is 0 Å². The van der Waals surface area contributed by atoms with E-state index in [0.717, 1.165) is 17.4 Å². The summed E-state index contributed by atoms with van der Waals surface area (Å²) in [5.74, 6) is -0.814. The molecule has 0 aliphatic carbocycles. The van der Waals surface area contributed by atoms with E-state index in [1.165, 1.54) is 12.1 Å². The molecule has 0 spiro atoms. The molecule has 112 valence electrons. The number of hydroxylamine groups is 1. The van der Waals surface area contributed by atoms with Crippen LogP contribution < -0.4 is 5.48 Å². The first-order valence-corrected chi connectivity index (χ1v) is 6.82. The van der Waals surface area contributed by atoms with Gasteiger partial charge in [0.25, 0.3) is 5.91 Å².